The summed E-state index contributed by atoms with van der Waals surface area (Å²) in [5.74, 6) is 1.52. The van der Waals surface area contributed by atoms with E-state index in [1.165, 1.54) is 69.8 Å². The molecular formula is C30H52O. The van der Waals surface area contributed by atoms with Crippen LogP contribution in [0.3, 0.4) is 0 Å². The maximum Gasteiger partial charge on any atom is 0.0431 e. The highest BCUT2D eigenvalue weighted by molar-refractivity contribution is 5.26. The van der Waals surface area contributed by atoms with Gasteiger partial charge in [-0.15, -0.1) is 0 Å². The standard InChI is InChI=1S/C30H52O/c1-22(2)11-9-15-27(5)16-14-26-28(6,21-27)18-19-29(7)25(12-10-20-31)24(23(3)4)13-17-30(26,29)8/h11,25-26,31H,9-10,12-21H2,1-8H3. The molecule has 6 unspecified atom stereocenters. The molecule has 178 valence electrons. The average molecular weight is 429 g/mol. The first-order chi connectivity index (χ1) is 14.4. The highest BCUT2D eigenvalue weighted by atomic mass is 16.2. The van der Waals surface area contributed by atoms with Gasteiger partial charge in [0.2, 0.25) is 0 Å². The topological polar surface area (TPSA) is 20.2 Å². The summed E-state index contributed by atoms with van der Waals surface area (Å²) >= 11 is 0. The molecule has 1 N–H and O–H groups in total. The third kappa shape index (κ3) is 4.47. The van der Waals surface area contributed by atoms with Gasteiger partial charge in [0.05, 0.1) is 0 Å². The van der Waals surface area contributed by atoms with Crippen LogP contribution in [0.2, 0.25) is 0 Å². The van der Waals surface area contributed by atoms with Crippen molar-refractivity contribution in [2.24, 2.45) is 33.5 Å². The molecule has 0 heterocycles. The van der Waals surface area contributed by atoms with Crippen molar-refractivity contribution in [1.29, 1.82) is 0 Å². The molecule has 3 aliphatic rings. The van der Waals surface area contributed by atoms with Crippen LogP contribution < -0.4 is 0 Å². The van der Waals surface area contributed by atoms with Crippen LogP contribution in [0.15, 0.2) is 22.8 Å². The molecular weight excluding hydrogens is 376 g/mol. The molecule has 3 fully saturated rings. The molecule has 1 heteroatoms. The lowest BCUT2D eigenvalue weighted by atomic mass is 9.36. The number of aliphatic hydroxyl groups excluding tert-OH is 1. The van der Waals surface area contributed by atoms with Gasteiger partial charge >= 0.3 is 0 Å². The molecule has 0 bridgehead atoms. The van der Waals surface area contributed by atoms with Gasteiger partial charge in [-0.2, -0.15) is 0 Å². The smallest absolute Gasteiger partial charge is 0.0431 e. The van der Waals surface area contributed by atoms with Crippen LogP contribution in [0, 0.1) is 33.5 Å². The summed E-state index contributed by atoms with van der Waals surface area (Å²) in [6.45, 7) is 20.1. The molecule has 3 saturated carbocycles. The molecule has 0 aromatic carbocycles. The van der Waals surface area contributed by atoms with Gasteiger partial charge in [-0.25, -0.2) is 0 Å². The third-order valence-electron chi connectivity index (χ3n) is 10.7. The van der Waals surface area contributed by atoms with Crippen LogP contribution in [0.5, 0.6) is 0 Å². The Bertz CT molecular complexity index is 708. The molecule has 0 aromatic heterocycles. The molecule has 0 radical (unpaired) electrons. The number of hydrogen-bond acceptors (Lipinski definition) is 1. The van der Waals surface area contributed by atoms with Crippen LogP contribution in [-0.2, 0) is 0 Å². The van der Waals surface area contributed by atoms with E-state index >= 15 is 0 Å². The van der Waals surface area contributed by atoms with Crippen LogP contribution in [0.25, 0.3) is 0 Å². The van der Waals surface area contributed by atoms with Crippen molar-refractivity contribution in [3.63, 3.8) is 0 Å². The lowest BCUT2D eigenvalue weighted by molar-refractivity contribution is -0.182. The molecule has 1 nitrogen and oxygen atoms in total. The van der Waals surface area contributed by atoms with E-state index in [0.717, 1.165) is 12.3 Å². The van der Waals surface area contributed by atoms with Gasteiger partial charge in [-0.05, 0) is 132 Å². The zero-order chi connectivity index (χ0) is 23.1. The van der Waals surface area contributed by atoms with E-state index in [4.69, 9.17) is 0 Å². The van der Waals surface area contributed by atoms with E-state index in [9.17, 15) is 5.11 Å². The van der Waals surface area contributed by atoms with Crippen molar-refractivity contribution in [2.45, 2.75) is 126 Å². The Balaban J connectivity index is 1.89. The minimum atomic E-state index is 0.338. The van der Waals surface area contributed by atoms with Gasteiger partial charge in [0, 0.05) is 6.61 Å². The van der Waals surface area contributed by atoms with Crippen molar-refractivity contribution in [3.05, 3.63) is 22.8 Å². The van der Waals surface area contributed by atoms with Gasteiger partial charge in [0.1, 0.15) is 0 Å². The second-order valence-corrected chi connectivity index (χ2v) is 13.3. The van der Waals surface area contributed by atoms with Crippen molar-refractivity contribution >= 4 is 0 Å². The van der Waals surface area contributed by atoms with E-state index in [1.807, 2.05) is 0 Å². The van der Waals surface area contributed by atoms with Crippen molar-refractivity contribution in [3.8, 4) is 0 Å². The highest BCUT2D eigenvalue weighted by Gasteiger charge is 2.64. The lowest BCUT2D eigenvalue weighted by Crippen LogP contribution is -2.61. The molecule has 0 amide bonds. The summed E-state index contributed by atoms with van der Waals surface area (Å²) < 4.78 is 0. The van der Waals surface area contributed by atoms with Crippen molar-refractivity contribution in [2.75, 3.05) is 6.61 Å². The lowest BCUT2D eigenvalue weighted by Gasteiger charge is -2.69. The maximum atomic E-state index is 9.64. The maximum absolute atomic E-state index is 9.64. The largest absolute Gasteiger partial charge is 0.396 e. The molecule has 3 rings (SSSR count). The Morgan fingerprint density at radius 3 is 2.29 bits per heavy atom. The van der Waals surface area contributed by atoms with Crippen molar-refractivity contribution in [1.82, 2.24) is 0 Å². The van der Waals surface area contributed by atoms with Gasteiger partial charge in [-0.1, -0.05) is 50.5 Å². The fourth-order valence-electron chi connectivity index (χ4n) is 8.90. The Hall–Kier alpha value is -0.560. The molecule has 31 heavy (non-hydrogen) atoms. The molecule has 3 aliphatic carbocycles. The fraction of sp³-hybridized carbons (Fsp3) is 0.867. The van der Waals surface area contributed by atoms with E-state index in [2.05, 4.69) is 61.5 Å². The Morgan fingerprint density at radius 2 is 1.68 bits per heavy atom. The minimum absolute atomic E-state index is 0.338. The first-order valence-corrected chi connectivity index (χ1v) is 13.3. The number of rotatable bonds is 6. The summed E-state index contributed by atoms with van der Waals surface area (Å²) in [7, 11) is 0. The predicted octanol–water partition coefficient (Wildman–Crippen LogP) is 8.87. The van der Waals surface area contributed by atoms with E-state index in [0.29, 0.717) is 34.2 Å². The minimum Gasteiger partial charge on any atom is -0.396 e. The number of hydrogen-bond donors (Lipinski definition) is 1. The second-order valence-electron chi connectivity index (χ2n) is 13.3. The average Bonchev–Trinajstić information content (AvgIpc) is 2.66. The summed E-state index contributed by atoms with van der Waals surface area (Å²) in [5, 5.41) is 9.64. The summed E-state index contributed by atoms with van der Waals surface area (Å²) in [6, 6.07) is 0. The van der Waals surface area contributed by atoms with E-state index in [1.54, 1.807) is 11.1 Å². The van der Waals surface area contributed by atoms with E-state index in [-0.39, 0.29) is 0 Å². The Morgan fingerprint density at radius 1 is 0.968 bits per heavy atom. The summed E-state index contributed by atoms with van der Waals surface area (Å²) in [6.07, 6.45) is 16.9. The zero-order valence-corrected chi connectivity index (χ0v) is 22.2. The van der Waals surface area contributed by atoms with Gasteiger partial charge in [0.15, 0.2) is 0 Å². The van der Waals surface area contributed by atoms with Crippen LogP contribution >= 0.6 is 0 Å². The van der Waals surface area contributed by atoms with Crippen LogP contribution in [0.4, 0.5) is 0 Å². The molecule has 0 aromatic rings. The monoisotopic (exact) mass is 428 g/mol. The van der Waals surface area contributed by atoms with Crippen molar-refractivity contribution < 1.29 is 5.11 Å². The quantitative estimate of drug-likeness (QED) is 0.419. The van der Waals surface area contributed by atoms with Crippen LogP contribution in [-0.4, -0.2) is 11.7 Å². The molecule has 6 atom stereocenters. The molecule has 0 aliphatic heterocycles. The normalized spacial score (nSPS) is 42.5. The predicted molar refractivity (Wildman–Crippen MR) is 135 cm³/mol. The number of aliphatic hydroxyl groups is 1. The Labute approximate surface area is 194 Å². The summed E-state index contributed by atoms with van der Waals surface area (Å²) in [5.41, 5.74) is 6.58. The SMILES string of the molecule is CC(C)=CCCC1(C)CCC2C(C)(CCC3(C)C(CCCO)C(=C(C)C)CCC23C)C1. The molecule has 0 saturated heterocycles. The molecule has 0 spiro atoms. The third-order valence-corrected chi connectivity index (χ3v) is 10.7. The van der Waals surface area contributed by atoms with Gasteiger partial charge < -0.3 is 5.11 Å². The first-order valence-electron chi connectivity index (χ1n) is 13.3. The Kier molecular flexibility index (Phi) is 7.28. The van der Waals surface area contributed by atoms with E-state index < -0.39 is 0 Å². The number of fused-ring (bicyclic) bond motifs is 3. The fourth-order valence-corrected chi connectivity index (χ4v) is 8.90. The zero-order valence-electron chi connectivity index (χ0n) is 22.2. The summed E-state index contributed by atoms with van der Waals surface area (Å²) in [4.78, 5) is 0. The first kappa shape index (κ1) is 25.1. The highest BCUT2D eigenvalue weighted by Crippen LogP contribution is 2.73. The second kappa shape index (κ2) is 9.00. The number of allylic oxidation sites excluding steroid dienone is 4. The van der Waals surface area contributed by atoms with Gasteiger partial charge in [-0.3, -0.25) is 0 Å². The van der Waals surface area contributed by atoms with Gasteiger partial charge in [0.25, 0.3) is 0 Å². The van der Waals surface area contributed by atoms with Crippen LogP contribution in [0.1, 0.15) is 126 Å².